The normalized spacial score (nSPS) is 25.8. The predicted molar refractivity (Wildman–Crippen MR) is 72.9 cm³/mol. The van der Waals surface area contributed by atoms with Gasteiger partial charge in [0.2, 0.25) is 0 Å². The van der Waals surface area contributed by atoms with Crippen LogP contribution in [0.5, 0.6) is 5.75 Å². The van der Waals surface area contributed by atoms with E-state index < -0.39 is 0 Å². The zero-order valence-corrected chi connectivity index (χ0v) is 11.4. The van der Waals surface area contributed by atoms with E-state index in [2.05, 4.69) is 0 Å². The van der Waals surface area contributed by atoms with E-state index in [9.17, 15) is 5.11 Å². The van der Waals surface area contributed by atoms with Crippen molar-refractivity contribution in [3.63, 3.8) is 0 Å². The molecular formula is C14H20ClNO2. The largest absolute Gasteiger partial charge is 0.495 e. The molecule has 3 N–H and O–H groups in total. The number of ether oxygens (including phenoxy) is 1. The molecule has 1 aromatic carbocycles. The first-order valence-electron chi connectivity index (χ1n) is 6.39. The summed E-state index contributed by atoms with van der Waals surface area (Å²) >= 11 is 6.12. The minimum atomic E-state index is -0.145. The van der Waals surface area contributed by atoms with E-state index >= 15 is 0 Å². The molecule has 0 spiro atoms. The Hall–Kier alpha value is -0.770. The third kappa shape index (κ3) is 2.97. The van der Waals surface area contributed by atoms with Crippen molar-refractivity contribution in [2.75, 3.05) is 7.11 Å². The number of aliphatic hydroxyl groups is 1. The van der Waals surface area contributed by atoms with Crippen LogP contribution in [-0.2, 0) is 0 Å². The molecular weight excluding hydrogens is 250 g/mol. The SMILES string of the molecule is COc1ccc(C(N)C2CCC(O)CC2)cc1Cl. The molecule has 1 aliphatic rings. The molecule has 1 aliphatic carbocycles. The van der Waals surface area contributed by atoms with Gasteiger partial charge in [-0.25, -0.2) is 0 Å². The van der Waals surface area contributed by atoms with Crippen LogP contribution < -0.4 is 10.5 Å². The zero-order chi connectivity index (χ0) is 13.1. The second-order valence-corrected chi connectivity index (χ2v) is 5.40. The minimum absolute atomic E-state index is 0.0130. The van der Waals surface area contributed by atoms with E-state index in [1.807, 2.05) is 18.2 Å². The van der Waals surface area contributed by atoms with Crippen molar-refractivity contribution in [2.45, 2.75) is 37.8 Å². The van der Waals surface area contributed by atoms with Crippen LogP contribution in [0, 0.1) is 5.92 Å². The molecule has 0 amide bonds. The Morgan fingerprint density at radius 3 is 2.56 bits per heavy atom. The van der Waals surface area contributed by atoms with Crippen molar-refractivity contribution >= 4 is 11.6 Å². The van der Waals surface area contributed by atoms with E-state index in [1.54, 1.807) is 7.11 Å². The molecule has 18 heavy (non-hydrogen) atoms. The lowest BCUT2D eigenvalue weighted by Crippen LogP contribution is -2.27. The van der Waals surface area contributed by atoms with Crippen LogP contribution in [0.3, 0.4) is 0 Å². The Morgan fingerprint density at radius 1 is 1.33 bits per heavy atom. The highest BCUT2D eigenvalue weighted by atomic mass is 35.5. The van der Waals surface area contributed by atoms with E-state index in [0.717, 1.165) is 31.2 Å². The Morgan fingerprint density at radius 2 is 2.00 bits per heavy atom. The first-order chi connectivity index (χ1) is 8.61. The predicted octanol–water partition coefficient (Wildman–Crippen LogP) is 2.90. The Bertz CT molecular complexity index is 403. The maximum atomic E-state index is 9.51. The van der Waals surface area contributed by atoms with Gasteiger partial charge in [-0.15, -0.1) is 0 Å². The first kappa shape index (κ1) is 13.7. The Kier molecular flexibility index (Phi) is 4.49. The molecule has 1 unspecified atom stereocenters. The van der Waals surface area contributed by atoms with Gasteiger partial charge in [-0.2, -0.15) is 0 Å². The summed E-state index contributed by atoms with van der Waals surface area (Å²) in [5.74, 6) is 1.10. The molecule has 3 nitrogen and oxygen atoms in total. The molecule has 100 valence electrons. The first-order valence-corrected chi connectivity index (χ1v) is 6.76. The summed E-state index contributed by atoms with van der Waals surface area (Å²) in [4.78, 5) is 0. The minimum Gasteiger partial charge on any atom is -0.495 e. The summed E-state index contributed by atoms with van der Waals surface area (Å²) in [5.41, 5.74) is 7.34. The lowest BCUT2D eigenvalue weighted by molar-refractivity contribution is 0.102. The fraction of sp³-hybridized carbons (Fsp3) is 0.571. The van der Waals surface area contributed by atoms with Crippen LogP contribution in [0.15, 0.2) is 18.2 Å². The summed E-state index contributed by atoms with van der Waals surface area (Å²) in [6, 6.07) is 5.70. The average Bonchev–Trinajstić information content (AvgIpc) is 2.38. The van der Waals surface area contributed by atoms with Crippen LogP contribution in [-0.4, -0.2) is 18.3 Å². The zero-order valence-electron chi connectivity index (χ0n) is 10.6. The summed E-state index contributed by atoms with van der Waals surface area (Å²) in [6.07, 6.45) is 3.51. The number of aliphatic hydroxyl groups excluding tert-OH is 1. The highest BCUT2D eigenvalue weighted by Crippen LogP contribution is 2.35. The van der Waals surface area contributed by atoms with Gasteiger partial charge in [-0.05, 0) is 49.3 Å². The van der Waals surface area contributed by atoms with Gasteiger partial charge in [0.1, 0.15) is 5.75 Å². The molecule has 0 aromatic heterocycles. The monoisotopic (exact) mass is 269 g/mol. The number of hydrogen-bond acceptors (Lipinski definition) is 3. The molecule has 1 saturated carbocycles. The number of nitrogens with two attached hydrogens (primary N) is 1. The van der Waals surface area contributed by atoms with E-state index in [4.69, 9.17) is 22.1 Å². The molecule has 0 saturated heterocycles. The molecule has 0 heterocycles. The maximum absolute atomic E-state index is 9.51. The molecule has 0 aliphatic heterocycles. The van der Waals surface area contributed by atoms with E-state index in [0.29, 0.717) is 16.7 Å². The van der Waals surface area contributed by atoms with Crippen molar-refractivity contribution in [1.29, 1.82) is 0 Å². The van der Waals surface area contributed by atoms with Gasteiger partial charge in [0.15, 0.2) is 0 Å². The fourth-order valence-electron chi connectivity index (χ4n) is 2.62. The number of hydrogen-bond donors (Lipinski definition) is 2. The second kappa shape index (κ2) is 5.91. The molecule has 0 radical (unpaired) electrons. The Labute approximate surface area is 113 Å². The van der Waals surface area contributed by atoms with Gasteiger partial charge < -0.3 is 15.6 Å². The van der Waals surface area contributed by atoms with Gasteiger partial charge in [0, 0.05) is 6.04 Å². The summed E-state index contributed by atoms with van der Waals surface area (Å²) in [7, 11) is 1.60. The van der Waals surface area contributed by atoms with Crippen LogP contribution >= 0.6 is 11.6 Å². The Balaban J connectivity index is 2.08. The van der Waals surface area contributed by atoms with Gasteiger partial charge in [-0.3, -0.25) is 0 Å². The highest BCUT2D eigenvalue weighted by Gasteiger charge is 2.25. The van der Waals surface area contributed by atoms with E-state index in [-0.39, 0.29) is 12.1 Å². The van der Waals surface area contributed by atoms with Crippen molar-refractivity contribution in [2.24, 2.45) is 11.7 Å². The molecule has 2 rings (SSSR count). The molecule has 1 atom stereocenters. The third-order valence-corrected chi connectivity index (χ3v) is 4.11. The summed E-state index contributed by atoms with van der Waals surface area (Å²) in [5, 5.41) is 10.1. The highest BCUT2D eigenvalue weighted by molar-refractivity contribution is 6.32. The lowest BCUT2D eigenvalue weighted by Gasteiger charge is -2.30. The summed E-state index contributed by atoms with van der Waals surface area (Å²) in [6.45, 7) is 0. The fourth-order valence-corrected chi connectivity index (χ4v) is 2.89. The quantitative estimate of drug-likeness (QED) is 0.887. The van der Waals surface area contributed by atoms with Crippen molar-refractivity contribution in [3.8, 4) is 5.75 Å². The average molecular weight is 270 g/mol. The smallest absolute Gasteiger partial charge is 0.137 e. The molecule has 0 bridgehead atoms. The number of rotatable bonds is 3. The van der Waals surface area contributed by atoms with Crippen molar-refractivity contribution in [3.05, 3.63) is 28.8 Å². The third-order valence-electron chi connectivity index (χ3n) is 3.81. The molecule has 4 heteroatoms. The second-order valence-electron chi connectivity index (χ2n) is 4.99. The van der Waals surface area contributed by atoms with Crippen LogP contribution in [0.2, 0.25) is 5.02 Å². The number of halogens is 1. The van der Waals surface area contributed by atoms with Crippen molar-refractivity contribution in [1.82, 2.24) is 0 Å². The molecule has 1 aromatic rings. The topological polar surface area (TPSA) is 55.5 Å². The standard InChI is InChI=1S/C14H20ClNO2/c1-18-13-7-4-10(8-12(13)15)14(16)9-2-5-11(17)6-3-9/h4,7-9,11,14,17H,2-3,5-6,16H2,1H3. The van der Waals surface area contributed by atoms with Crippen LogP contribution in [0.1, 0.15) is 37.3 Å². The van der Waals surface area contributed by atoms with Gasteiger partial charge in [-0.1, -0.05) is 17.7 Å². The van der Waals surface area contributed by atoms with E-state index in [1.165, 1.54) is 0 Å². The molecule has 1 fully saturated rings. The van der Waals surface area contributed by atoms with Crippen LogP contribution in [0.4, 0.5) is 0 Å². The summed E-state index contributed by atoms with van der Waals surface area (Å²) < 4.78 is 5.13. The van der Waals surface area contributed by atoms with Gasteiger partial charge in [0.05, 0.1) is 18.2 Å². The van der Waals surface area contributed by atoms with Crippen molar-refractivity contribution < 1.29 is 9.84 Å². The van der Waals surface area contributed by atoms with Gasteiger partial charge >= 0.3 is 0 Å². The lowest BCUT2D eigenvalue weighted by atomic mass is 9.80. The number of methoxy groups -OCH3 is 1. The van der Waals surface area contributed by atoms with Crippen LogP contribution in [0.25, 0.3) is 0 Å². The maximum Gasteiger partial charge on any atom is 0.137 e. The van der Waals surface area contributed by atoms with Gasteiger partial charge in [0.25, 0.3) is 0 Å². The number of benzene rings is 1.